The van der Waals surface area contributed by atoms with Gasteiger partial charge in [0.25, 0.3) is 0 Å². The Labute approximate surface area is 158 Å². The molecule has 150 valence electrons. The molecule has 26 heavy (non-hydrogen) atoms. The molecule has 1 aliphatic heterocycles. The van der Waals surface area contributed by atoms with Crippen LogP contribution < -0.4 is 10.6 Å². The van der Waals surface area contributed by atoms with E-state index in [0.29, 0.717) is 6.54 Å². The molecule has 7 nitrogen and oxygen atoms in total. The van der Waals surface area contributed by atoms with Crippen molar-refractivity contribution in [2.75, 3.05) is 66.6 Å². The lowest BCUT2D eigenvalue weighted by molar-refractivity contribution is -0.138. The fraction of sp³-hybridized carbons (Fsp3) is 0.895. The highest BCUT2D eigenvalue weighted by Crippen LogP contribution is 2.39. The van der Waals surface area contributed by atoms with Crippen molar-refractivity contribution < 1.29 is 9.53 Å². The van der Waals surface area contributed by atoms with Gasteiger partial charge in [-0.3, -0.25) is 14.7 Å². The van der Waals surface area contributed by atoms with Crippen molar-refractivity contribution in [3.63, 3.8) is 0 Å². The van der Waals surface area contributed by atoms with Gasteiger partial charge in [-0.15, -0.1) is 0 Å². The molecule has 0 aromatic heterocycles. The van der Waals surface area contributed by atoms with Crippen LogP contribution in [0.4, 0.5) is 0 Å². The van der Waals surface area contributed by atoms with Crippen molar-refractivity contribution in [3.8, 4) is 0 Å². The van der Waals surface area contributed by atoms with Crippen LogP contribution in [0.5, 0.6) is 0 Å². The van der Waals surface area contributed by atoms with Gasteiger partial charge in [-0.2, -0.15) is 0 Å². The molecule has 2 fully saturated rings. The summed E-state index contributed by atoms with van der Waals surface area (Å²) >= 11 is 0. The van der Waals surface area contributed by atoms with Crippen LogP contribution in [-0.2, 0) is 9.53 Å². The van der Waals surface area contributed by atoms with Gasteiger partial charge in [0.05, 0.1) is 25.2 Å². The summed E-state index contributed by atoms with van der Waals surface area (Å²) < 4.78 is 5.38. The minimum Gasteiger partial charge on any atom is -0.379 e. The SMILES string of the molecule is CCNC(=NCC1(C(=O)N(C)C)CCCC1)NCCCN1CCOCC1. The number of ether oxygens (including phenoxy) is 1. The number of guanidine groups is 1. The van der Waals surface area contributed by atoms with Gasteiger partial charge in [-0.25, -0.2) is 0 Å². The Morgan fingerprint density at radius 3 is 2.50 bits per heavy atom. The van der Waals surface area contributed by atoms with Gasteiger partial charge in [-0.05, 0) is 32.7 Å². The smallest absolute Gasteiger partial charge is 0.230 e. The quantitative estimate of drug-likeness (QED) is 0.379. The molecule has 0 radical (unpaired) electrons. The Kier molecular flexibility index (Phi) is 8.65. The lowest BCUT2D eigenvalue weighted by Gasteiger charge is -2.29. The molecule has 0 atom stereocenters. The summed E-state index contributed by atoms with van der Waals surface area (Å²) in [5.41, 5.74) is -0.306. The molecular weight excluding hydrogens is 330 g/mol. The number of aliphatic imine (C=N–C) groups is 1. The zero-order valence-electron chi connectivity index (χ0n) is 16.9. The maximum atomic E-state index is 12.7. The first-order chi connectivity index (χ1) is 12.6. The van der Waals surface area contributed by atoms with Crippen LogP contribution in [0.1, 0.15) is 39.0 Å². The lowest BCUT2D eigenvalue weighted by Crippen LogP contribution is -2.43. The minimum atomic E-state index is -0.306. The number of hydrogen-bond donors (Lipinski definition) is 2. The second-order valence-corrected chi connectivity index (χ2v) is 7.62. The predicted molar refractivity (Wildman–Crippen MR) is 105 cm³/mol. The first-order valence-corrected chi connectivity index (χ1v) is 10.1. The number of carbonyl (C=O) groups is 1. The second-order valence-electron chi connectivity index (χ2n) is 7.62. The van der Waals surface area contributed by atoms with Gasteiger partial charge < -0.3 is 20.3 Å². The van der Waals surface area contributed by atoms with Crippen molar-refractivity contribution in [2.45, 2.75) is 39.0 Å². The number of morpholine rings is 1. The summed E-state index contributed by atoms with van der Waals surface area (Å²) in [6.45, 7) is 9.19. The molecule has 1 saturated heterocycles. The summed E-state index contributed by atoms with van der Waals surface area (Å²) in [4.78, 5) is 21.6. The van der Waals surface area contributed by atoms with E-state index in [0.717, 1.165) is 84.0 Å². The van der Waals surface area contributed by atoms with E-state index < -0.39 is 0 Å². The maximum Gasteiger partial charge on any atom is 0.230 e. The molecule has 0 aromatic carbocycles. The highest BCUT2D eigenvalue weighted by atomic mass is 16.5. The zero-order chi connectivity index (χ0) is 18.8. The molecule has 2 rings (SSSR count). The molecule has 0 bridgehead atoms. The van der Waals surface area contributed by atoms with Crippen molar-refractivity contribution in [1.29, 1.82) is 0 Å². The first kappa shape index (κ1) is 21.0. The average Bonchev–Trinajstić information content (AvgIpc) is 3.13. The van der Waals surface area contributed by atoms with E-state index in [-0.39, 0.29) is 11.3 Å². The fourth-order valence-corrected chi connectivity index (χ4v) is 3.87. The highest BCUT2D eigenvalue weighted by Gasteiger charge is 2.42. The summed E-state index contributed by atoms with van der Waals surface area (Å²) in [7, 11) is 3.70. The van der Waals surface area contributed by atoms with Crippen LogP contribution >= 0.6 is 0 Å². The molecule has 0 unspecified atom stereocenters. The molecule has 0 spiro atoms. The Hall–Kier alpha value is -1.34. The van der Waals surface area contributed by atoms with Crippen LogP contribution in [0, 0.1) is 5.41 Å². The Balaban J connectivity index is 1.83. The monoisotopic (exact) mass is 367 g/mol. The largest absolute Gasteiger partial charge is 0.379 e. The van der Waals surface area contributed by atoms with E-state index in [1.807, 2.05) is 14.1 Å². The molecular formula is C19H37N5O2. The third-order valence-corrected chi connectivity index (χ3v) is 5.35. The second kappa shape index (κ2) is 10.7. The molecule has 0 aromatic rings. The van der Waals surface area contributed by atoms with Gasteiger partial charge in [0.15, 0.2) is 5.96 Å². The molecule has 7 heteroatoms. The number of hydrogen-bond acceptors (Lipinski definition) is 4. The topological polar surface area (TPSA) is 69.2 Å². The summed E-state index contributed by atoms with van der Waals surface area (Å²) in [6, 6.07) is 0. The van der Waals surface area contributed by atoms with E-state index in [1.54, 1.807) is 4.90 Å². The van der Waals surface area contributed by atoms with Gasteiger partial charge in [-0.1, -0.05) is 12.8 Å². The molecule has 2 N–H and O–H groups in total. The Bertz CT molecular complexity index is 455. The van der Waals surface area contributed by atoms with Crippen LogP contribution in [0.25, 0.3) is 0 Å². The van der Waals surface area contributed by atoms with Crippen molar-refractivity contribution >= 4 is 11.9 Å². The maximum absolute atomic E-state index is 12.7. The van der Waals surface area contributed by atoms with Crippen LogP contribution in [0.2, 0.25) is 0 Å². The molecule has 1 heterocycles. The van der Waals surface area contributed by atoms with Gasteiger partial charge in [0, 0.05) is 40.3 Å². The highest BCUT2D eigenvalue weighted by molar-refractivity contribution is 5.84. The van der Waals surface area contributed by atoms with Gasteiger partial charge >= 0.3 is 0 Å². The standard InChI is InChI=1S/C19H37N5O2/c1-4-20-18(21-10-7-11-24-12-14-26-15-13-24)22-16-19(8-5-6-9-19)17(25)23(2)3/h4-16H2,1-3H3,(H2,20,21,22). The number of carbonyl (C=O) groups excluding carboxylic acids is 1. The van der Waals surface area contributed by atoms with Crippen molar-refractivity contribution in [3.05, 3.63) is 0 Å². The Morgan fingerprint density at radius 1 is 1.19 bits per heavy atom. The number of nitrogens with one attached hydrogen (secondary N) is 2. The van der Waals surface area contributed by atoms with E-state index in [9.17, 15) is 4.79 Å². The number of rotatable bonds is 8. The van der Waals surface area contributed by atoms with Crippen LogP contribution in [0.15, 0.2) is 4.99 Å². The number of amides is 1. The van der Waals surface area contributed by atoms with E-state index in [1.165, 1.54) is 0 Å². The van der Waals surface area contributed by atoms with Gasteiger partial charge in [0.2, 0.25) is 5.91 Å². The Morgan fingerprint density at radius 2 is 1.88 bits per heavy atom. The summed E-state index contributed by atoms with van der Waals surface area (Å²) in [5.74, 6) is 1.05. The number of nitrogens with zero attached hydrogens (tertiary/aromatic N) is 3. The van der Waals surface area contributed by atoms with Crippen LogP contribution in [-0.4, -0.2) is 88.2 Å². The minimum absolute atomic E-state index is 0.224. The third-order valence-electron chi connectivity index (χ3n) is 5.35. The lowest BCUT2D eigenvalue weighted by atomic mass is 9.85. The fourth-order valence-electron chi connectivity index (χ4n) is 3.87. The van der Waals surface area contributed by atoms with E-state index in [2.05, 4.69) is 22.5 Å². The van der Waals surface area contributed by atoms with Gasteiger partial charge in [0.1, 0.15) is 0 Å². The zero-order valence-corrected chi connectivity index (χ0v) is 16.9. The third kappa shape index (κ3) is 6.13. The molecule has 2 aliphatic rings. The van der Waals surface area contributed by atoms with E-state index >= 15 is 0 Å². The van der Waals surface area contributed by atoms with Crippen LogP contribution in [0.3, 0.4) is 0 Å². The van der Waals surface area contributed by atoms with Crippen molar-refractivity contribution in [2.24, 2.45) is 10.4 Å². The summed E-state index contributed by atoms with van der Waals surface area (Å²) in [6.07, 6.45) is 5.22. The average molecular weight is 368 g/mol. The molecule has 1 aliphatic carbocycles. The molecule has 1 saturated carbocycles. The first-order valence-electron chi connectivity index (χ1n) is 10.1. The van der Waals surface area contributed by atoms with Crippen molar-refractivity contribution in [1.82, 2.24) is 20.4 Å². The van der Waals surface area contributed by atoms with E-state index in [4.69, 9.17) is 9.73 Å². The summed E-state index contributed by atoms with van der Waals surface area (Å²) in [5, 5.41) is 6.74. The predicted octanol–water partition coefficient (Wildman–Crippen LogP) is 0.912. The molecule has 1 amide bonds. The normalized spacial score (nSPS) is 20.8.